The van der Waals surface area contributed by atoms with E-state index < -0.39 is 0 Å². The van der Waals surface area contributed by atoms with Crippen LogP contribution in [0.25, 0.3) is 0 Å². The molecule has 0 spiro atoms. The van der Waals surface area contributed by atoms with Gasteiger partial charge in [-0.05, 0) is 18.3 Å². The number of halogens is 1. The van der Waals surface area contributed by atoms with Crippen LogP contribution in [-0.2, 0) is 11.3 Å². The van der Waals surface area contributed by atoms with Crippen molar-refractivity contribution in [1.82, 2.24) is 9.78 Å². The van der Waals surface area contributed by atoms with Gasteiger partial charge < -0.3 is 10.1 Å². The summed E-state index contributed by atoms with van der Waals surface area (Å²) in [6, 6.07) is 0. The van der Waals surface area contributed by atoms with Crippen LogP contribution in [0.3, 0.4) is 0 Å². The Bertz CT molecular complexity index is 486. The summed E-state index contributed by atoms with van der Waals surface area (Å²) in [5.41, 5.74) is 0.403. The molecule has 6 heteroatoms. The molecule has 1 N–H and O–H groups in total. The molecule has 0 aliphatic carbocycles. The number of hydrogen-bond donors (Lipinski definition) is 1. The van der Waals surface area contributed by atoms with Crippen molar-refractivity contribution in [1.29, 1.82) is 0 Å². The van der Waals surface area contributed by atoms with Crippen LogP contribution in [0.1, 0.15) is 33.6 Å². The molecule has 0 radical (unpaired) electrons. The Labute approximate surface area is 125 Å². The number of aromatic nitrogens is 2. The molecule has 0 saturated carbocycles. The predicted molar refractivity (Wildman–Crippen MR) is 82.6 cm³/mol. The van der Waals surface area contributed by atoms with Crippen LogP contribution in [0.5, 0.6) is 0 Å². The van der Waals surface area contributed by atoms with Gasteiger partial charge >= 0.3 is 0 Å². The van der Waals surface area contributed by atoms with Gasteiger partial charge in [0, 0.05) is 26.8 Å². The largest absolute Gasteiger partial charge is 0.385 e. The van der Waals surface area contributed by atoms with Crippen molar-refractivity contribution in [3.63, 3.8) is 0 Å². The van der Waals surface area contributed by atoms with Gasteiger partial charge in [-0.25, -0.2) is 4.68 Å². The van der Waals surface area contributed by atoms with Crippen LogP contribution < -0.4 is 10.9 Å². The zero-order chi connectivity index (χ0) is 15.2. The maximum atomic E-state index is 12.0. The second kappa shape index (κ2) is 7.64. The quantitative estimate of drug-likeness (QED) is 0.802. The summed E-state index contributed by atoms with van der Waals surface area (Å²) in [4.78, 5) is 12.0. The van der Waals surface area contributed by atoms with Gasteiger partial charge in [0.1, 0.15) is 5.02 Å². The zero-order valence-corrected chi connectivity index (χ0v) is 13.5. The number of aryl methyl sites for hydroxylation is 1. The summed E-state index contributed by atoms with van der Waals surface area (Å²) in [6.45, 7) is 8.26. The van der Waals surface area contributed by atoms with Crippen LogP contribution in [-0.4, -0.2) is 30.0 Å². The van der Waals surface area contributed by atoms with E-state index in [1.165, 1.54) is 4.68 Å². The summed E-state index contributed by atoms with van der Waals surface area (Å²) >= 11 is 6.11. The molecule has 0 aliphatic heterocycles. The van der Waals surface area contributed by atoms with E-state index in [4.69, 9.17) is 16.3 Å². The molecule has 0 aromatic carbocycles. The van der Waals surface area contributed by atoms with Crippen LogP contribution in [0, 0.1) is 5.41 Å². The highest BCUT2D eigenvalue weighted by Crippen LogP contribution is 2.23. The highest BCUT2D eigenvalue weighted by molar-refractivity contribution is 6.32. The smallest absolute Gasteiger partial charge is 0.287 e. The van der Waals surface area contributed by atoms with Crippen molar-refractivity contribution >= 4 is 17.3 Å². The fourth-order valence-corrected chi connectivity index (χ4v) is 1.97. The first-order valence-electron chi connectivity index (χ1n) is 6.89. The van der Waals surface area contributed by atoms with Gasteiger partial charge in [0.2, 0.25) is 0 Å². The van der Waals surface area contributed by atoms with E-state index in [0.29, 0.717) is 25.4 Å². The van der Waals surface area contributed by atoms with E-state index in [0.717, 1.165) is 12.8 Å². The maximum Gasteiger partial charge on any atom is 0.287 e. The minimum Gasteiger partial charge on any atom is -0.385 e. The minimum atomic E-state index is -0.242. The first kappa shape index (κ1) is 17.0. The lowest BCUT2D eigenvalue weighted by Gasteiger charge is -2.25. The Hall–Kier alpha value is -1.07. The summed E-state index contributed by atoms with van der Waals surface area (Å²) < 4.78 is 6.49. The van der Waals surface area contributed by atoms with E-state index in [1.54, 1.807) is 13.3 Å². The molecular formula is C14H24ClN3O2. The first-order valence-corrected chi connectivity index (χ1v) is 7.27. The van der Waals surface area contributed by atoms with Crippen molar-refractivity contribution in [2.75, 3.05) is 25.6 Å². The third-order valence-corrected chi connectivity index (χ3v) is 3.53. The van der Waals surface area contributed by atoms with Gasteiger partial charge in [-0.3, -0.25) is 4.79 Å². The van der Waals surface area contributed by atoms with Gasteiger partial charge in [-0.15, -0.1) is 0 Å². The highest BCUT2D eigenvalue weighted by Gasteiger charge is 2.18. The van der Waals surface area contributed by atoms with Crippen LogP contribution in [0.15, 0.2) is 11.0 Å². The predicted octanol–water partition coefficient (Wildman–Crippen LogP) is 2.78. The number of nitrogens with one attached hydrogen (secondary N) is 1. The minimum absolute atomic E-state index is 0.0532. The number of anilines is 1. The number of nitrogens with zero attached hydrogens (tertiary/aromatic N) is 2. The Kier molecular flexibility index (Phi) is 6.49. The third kappa shape index (κ3) is 4.80. The molecule has 1 heterocycles. The Balaban J connectivity index is 2.74. The third-order valence-electron chi connectivity index (χ3n) is 3.16. The van der Waals surface area contributed by atoms with Crippen LogP contribution in [0.2, 0.25) is 5.02 Å². The molecule has 0 unspecified atom stereocenters. The van der Waals surface area contributed by atoms with E-state index in [2.05, 4.69) is 24.3 Å². The van der Waals surface area contributed by atoms with Gasteiger partial charge in [0.05, 0.1) is 11.9 Å². The number of hydrogen-bond acceptors (Lipinski definition) is 4. The second-order valence-electron chi connectivity index (χ2n) is 5.66. The molecule has 0 bridgehead atoms. The lowest BCUT2D eigenvalue weighted by molar-refractivity contribution is 0.157. The van der Waals surface area contributed by atoms with Gasteiger partial charge in [-0.2, -0.15) is 5.10 Å². The molecular weight excluding hydrogens is 278 g/mol. The molecule has 114 valence electrons. The molecule has 0 fully saturated rings. The standard InChI is InChI=1S/C14H24ClN3O2/c1-5-7-18-13(19)12(15)11(9-17-18)16-10-14(2,3)6-8-20-4/h9,16H,5-8,10H2,1-4H3. The first-order chi connectivity index (χ1) is 9.41. The van der Waals surface area contributed by atoms with Gasteiger partial charge in [0.25, 0.3) is 5.56 Å². The highest BCUT2D eigenvalue weighted by atomic mass is 35.5. The molecule has 1 rings (SSSR count). The Morgan fingerprint density at radius 3 is 2.80 bits per heavy atom. The Morgan fingerprint density at radius 2 is 2.20 bits per heavy atom. The van der Waals surface area contributed by atoms with Crippen molar-refractivity contribution in [2.24, 2.45) is 5.41 Å². The van der Waals surface area contributed by atoms with E-state index >= 15 is 0 Å². The zero-order valence-electron chi connectivity index (χ0n) is 12.7. The summed E-state index contributed by atoms with van der Waals surface area (Å²) in [5.74, 6) is 0. The van der Waals surface area contributed by atoms with Crippen molar-refractivity contribution < 1.29 is 4.74 Å². The molecule has 0 aliphatic rings. The molecule has 1 aromatic rings. The fourth-order valence-electron chi connectivity index (χ4n) is 1.76. The average molecular weight is 302 g/mol. The lowest BCUT2D eigenvalue weighted by Crippen LogP contribution is -2.28. The molecule has 20 heavy (non-hydrogen) atoms. The van der Waals surface area contributed by atoms with E-state index in [1.807, 2.05) is 6.92 Å². The monoisotopic (exact) mass is 301 g/mol. The molecule has 5 nitrogen and oxygen atoms in total. The van der Waals surface area contributed by atoms with Crippen molar-refractivity contribution in [3.8, 4) is 0 Å². The summed E-state index contributed by atoms with van der Waals surface area (Å²) in [6.07, 6.45) is 3.39. The topological polar surface area (TPSA) is 56.1 Å². The van der Waals surface area contributed by atoms with E-state index in [9.17, 15) is 4.79 Å². The maximum absolute atomic E-state index is 12.0. The Morgan fingerprint density at radius 1 is 1.50 bits per heavy atom. The van der Waals surface area contributed by atoms with Gasteiger partial charge in [0.15, 0.2) is 0 Å². The molecule has 0 saturated heterocycles. The van der Waals surface area contributed by atoms with Crippen LogP contribution >= 0.6 is 11.6 Å². The van der Waals surface area contributed by atoms with E-state index in [-0.39, 0.29) is 16.0 Å². The molecule has 1 aromatic heterocycles. The average Bonchev–Trinajstić information content (AvgIpc) is 2.41. The lowest BCUT2D eigenvalue weighted by atomic mass is 9.89. The second-order valence-corrected chi connectivity index (χ2v) is 6.04. The van der Waals surface area contributed by atoms with Crippen molar-refractivity contribution in [3.05, 3.63) is 21.6 Å². The summed E-state index contributed by atoms with van der Waals surface area (Å²) in [7, 11) is 1.69. The van der Waals surface area contributed by atoms with Crippen LogP contribution in [0.4, 0.5) is 5.69 Å². The number of methoxy groups -OCH3 is 1. The molecule has 0 amide bonds. The number of ether oxygens (including phenoxy) is 1. The van der Waals surface area contributed by atoms with Gasteiger partial charge in [-0.1, -0.05) is 32.4 Å². The fraction of sp³-hybridized carbons (Fsp3) is 0.714. The number of rotatable bonds is 8. The summed E-state index contributed by atoms with van der Waals surface area (Å²) in [5, 5.41) is 7.54. The normalized spacial score (nSPS) is 11.7. The van der Waals surface area contributed by atoms with Crippen molar-refractivity contribution in [2.45, 2.75) is 40.2 Å². The molecule has 0 atom stereocenters. The SMILES string of the molecule is CCCn1ncc(NCC(C)(C)CCOC)c(Cl)c1=O.